The number of aromatic nitrogens is 2. The van der Waals surface area contributed by atoms with E-state index >= 15 is 0 Å². The average Bonchev–Trinajstić information content (AvgIpc) is 3.09. The molecule has 10 heteroatoms. The second-order valence-electron chi connectivity index (χ2n) is 8.45. The number of anilines is 1. The molecule has 0 aromatic carbocycles. The van der Waals surface area contributed by atoms with Crippen LogP contribution in [-0.4, -0.2) is 79.9 Å². The third-order valence-corrected chi connectivity index (χ3v) is 7.53. The van der Waals surface area contributed by atoms with Crippen LogP contribution in [0.4, 0.5) is 5.82 Å². The molecule has 2 aliphatic heterocycles. The van der Waals surface area contributed by atoms with Gasteiger partial charge >= 0.3 is 0 Å². The van der Waals surface area contributed by atoms with Crippen molar-refractivity contribution in [2.75, 3.05) is 44.2 Å². The molecule has 2 aliphatic rings. The molecule has 1 N–H and O–H groups in total. The minimum absolute atomic E-state index is 0.000878. The van der Waals surface area contributed by atoms with E-state index in [4.69, 9.17) is 17.2 Å². The van der Waals surface area contributed by atoms with Gasteiger partial charge in [-0.3, -0.25) is 23.8 Å². The predicted octanol–water partition coefficient (Wildman–Crippen LogP) is 2.12. The molecular weight excluding hydrogens is 458 g/mol. The van der Waals surface area contributed by atoms with Crippen molar-refractivity contribution < 1.29 is 9.90 Å². The van der Waals surface area contributed by atoms with E-state index in [1.807, 2.05) is 32.9 Å². The molecule has 0 bridgehead atoms. The largest absolute Gasteiger partial charge is 0.395 e. The number of fused-ring (bicyclic) bond motifs is 1. The first-order valence-corrected chi connectivity index (χ1v) is 12.4. The number of hydrogen-bond acceptors (Lipinski definition) is 8. The Kier molecular flexibility index (Phi) is 7.18. The maximum Gasteiger partial charge on any atom is 0.267 e. The van der Waals surface area contributed by atoms with Gasteiger partial charge in [0.25, 0.3) is 11.5 Å². The van der Waals surface area contributed by atoms with Gasteiger partial charge in [0.05, 0.1) is 17.1 Å². The zero-order chi connectivity index (χ0) is 23.7. The molecule has 0 radical (unpaired) electrons. The number of thiocarbonyl (C=S) groups is 1. The molecule has 1 atom stereocenters. The molecular formula is C23H29N5O3S2. The number of carbonyl (C=O) groups excluding carboxylic acids is 1. The number of hydrogen-bond donors (Lipinski definition) is 1. The molecule has 0 aliphatic carbocycles. The lowest BCUT2D eigenvalue weighted by molar-refractivity contribution is -0.123. The fourth-order valence-corrected chi connectivity index (χ4v) is 5.56. The van der Waals surface area contributed by atoms with Crippen molar-refractivity contribution in [3.05, 3.63) is 44.7 Å². The number of piperazine rings is 1. The van der Waals surface area contributed by atoms with E-state index < -0.39 is 0 Å². The molecule has 1 unspecified atom stereocenters. The second-order valence-corrected chi connectivity index (χ2v) is 10.1. The van der Waals surface area contributed by atoms with Gasteiger partial charge in [-0.25, -0.2) is 4.98 Å². The van der Waals surface area contributed by atoms with Gasteiger partial charge < -0.3 is 10.0 Å². The third-order valence-electron chi connectivity index (χ3n) is 6.20. The maximum atomic E-state index is 13.6. The Bertz CT molecular complexity index is 1170. The monoisotopic (exact) mass is 487 g/mol. The smallest absolute Gasteiger partial charge is 0.267 e. The highest BCUT2D eigenvalue weighted by Crippen LogP contribution is 2.35. The molecule has 8 nitrogen and oxygen atoms in total. The van der Waals surface area contributed by atoms with E-state index in [0.29, 0.717) is 45.9 Å². The standard InChI is InChI=1S/C23H29N5O3S2/c1-4-16(3)28-22(31)18(33-23(28)32)13-17-20(26-9-7-25(8-10-26)11-12-29)24-19-6-5-15(2)14-27(19)21(17)30/h5-6,13-14,16,29H,4,7-12H2,1-3H3/b18-13-. The van der Waals surface area contributed by atoms with Gasteiger partial charge in [-0.1, -0.05) is 37.0 Å². The van der Waals surface area contributed by atoms with E-state index in [9.17, 15) is 14.7 Å². The summed E-state index contributed by atoms with van der Waals surface area (Å²) in [7, 11) is 0. The number of aliphatic hydroxyl groups excluding tert-OH is 1. The van der Waals surface area contributed by atoms with Crippen LogP contribution in [-0.2, 0) is 4.79 Å². The van der Waals surface area contributed by atoms with Gasteiger partial charge in [-0.15, -0.1) is 0 Å². The first kappa shape index (κ1) is 23.9. The maximum absolute atomic E-state index is 13.6. The van der Waals surface area contributed by atoms with Crippen LogP contribution in [0.5, 0.6) is 0 Å². The summed E-state index contributed by atoms with van der Waals surface area (Å²) in [4.78, 5) is 37.9. The van der Waals surface area contributed by atoms with Crippen molar-refractivity contribution in [3.8, 4) is 0 Å². The minimum atomic E-state index is -0.203. The van der Waals surface area contributed by atoms with Crippen LogP contribution in [0.2, 0.25) is 0 Å². The first-order valence-electron chi connectivity index (χ1n) is 11.2. The molecule has 0 saturated carbocycles. The fraction of sp³-hybridized carbons (Fsp3) is 0.478. The Morgan fingerprint density at radius 2 is 1.97 bits per heavy atom. The molecule has 4 heterocycles. The minimum Gasteiger partial charge on any atom is -0.395 e. The SMILES string of the molecule is CCC(C)N1C(=O)/C(=C/c2c(N3CCN(CCO)CC3)nc3ccc(C)cn3c2=O)SC1=S. The summed E-state index contributed by atoms with van der Waals surface area (Å²) >= 11 is 6.71. The van der Waals surface area contributed by atoms with Gasteiger partial charge in [0.15, 0.2) is 0 Å². The second kappa shape index (κ2) is 9.92. The number of pyridine rings is 1. The van der Waals surface area contributed by atoms with Crippen molar-refractivity contribution >= 4 is 51.7 Å². The van der Waals surface area contributed by atoms with E-state index in [1.165, 1.54) is 11.8 Å². The van der Waals surface area contributed by atoms with Crippen LogP contribution < -0.4 is 10.5 Å². The highest BCUT2D eigenvalue weighted by atomic mass is 32.2. The molecule has 2 fully saturated rings. The Morgan fingerprint density at radius 3 is 2.64 bits per heavy atom. The topological polar surface area (TPSA) is 81.4 Å². The summed E-state index contributed by atoms with van der Waals surface area (Å²) < 4.78 is 2.06. The summed E-state index contributed by atoms with van der Waals surface area (Å²) in [5.74, 6) is 0.424. The number of aliphatic hydroxyl groups is 1. The Morgan fingerprint density at radius 1 is 1.24 bits per heavy atom. The number of rotatable bonds is 6. The lowest BCUT2D eigenvalue weighted by Gasteiger charge is -2.35. The molecule has 176 valence electrons. The van der Waals surface area contributed by atoms with Crippen LogP contribution in [0.25, 0.3) is 11.7 Å². The van der Waals surface area contributed by atoms with E-state index in [1.54, 1.807) is 21.6 Å². The average molecular weight is 488 g/mol. The zero-order valence-electron chi connectivity index (χ0n) is 19.2. The Hall–Kier alpha value is -2.27. The molecule has 2 aromatic rings. The van der Waals surface area contributed by atoms with E-state index in [-0.39, 0.29) is 24.1 Å². The Labute approximate surface area is 202 Å². The molecule has 4 rings (SSSR count). The molecule has 0 spiro atoms. The summed E-state index contributed by atoms with van der Waals surface area (Å²) in [6.45, 7) is 9.58. The summed E-state index contributed by atoms with van der Waals surface area (Å²) in [5, 5.41) is 9.24. The molecule has 33 heavy (non-hydrogen) atoms. The number of β-amino-alcohol motifs (C(OH)–C–C–N with tert-alkyl or cyclic N) is 1. The van der Waals surface area contributed by atoms with Crippen molar-refractivity contribution in [1.29, 1.82) is 0 Å². The Balaban J connectivity index is 1.79. The zero-order valence-corrected chi connectivity index (χ0v) is 20.8. The number of thioether (sulfide) groups is 1. The number of carbonyl (C=O) groups is 1. The van der Waals surface area contributed by atoms with Crippen molar-refractivity contribution in [1.82, 2.24) is 19.2 Å². The normalized spacial score (nSPS) is 19.8. The van der Waals surface area contributed by atoms with Crippen molar-refractivity contribution in [2.45, 2.75) is 33.2 Å². The van der Waals surface area contributed by atoms with Crippen LogP contribution in [0, 0.1) is 6.92 Å². The van der Waals surface area contributed by atoms with Crippen LogP contribution in [0.1, 0.15) is 31.4 Å². The van der Waals surface area contributed by atoms with Gasteiger partial charge in [0.1, 0.15) is 15.8 Å². The summed E-state index contributed by atoms with van der Waals surface area (Å²) in [6.07, 6.45) is 4.24. The third kappa shape index (κ3) is 4.70. The summed E-state index contributed by atoms with van der Waals surface area (Å²) in [5.41, 5.74) is 1.72. The number of nitrogens with zero attached hydrogens (tertiary/aromatic N) is 5. The fourth-order valence-electron chi connectivity index (χ4n) is 4.11. The van der Waals surface area contributed by atoms with E-state index in [2.05, 4.69) is 9.80 Å². The predicted molar refractivity (Wildman–Crippen MR) is 137 cm³/mol. The van der Waals surface area contributed by atoms with Gasteiger partial charge in [0, 0.05) is 45.0 Å². The number of amides is 1. The first-order chi connectivity index (χ1) is 15.8. The van der Waals surface area contributed by atoms with E-state index in [0.717, 1.165) is 25.1 Å². The lowest BCUT2D eigenvalue weighted by Crippen LogP contribution is -2.48. The molecule has 1 amide bonds. The lowest BCUT2D eigenvalue weighted by atomic mass is 10.2. The van der Waals surface area contributed by atoms with Gasteiger partial charge in [-0.05, 0) is 38.0 Å². The van der Waals surface area contributed by atoms with Crippen LogP contribution in [0.15, 0.2) is 28.0 Å². The van der Waals surface area contributed by atoms with Gasteiger partial charge in [0.2, 0.25) is 0 Å². The summed E-state index contributed by atoms with van der Waals surface area (Å²) in [6, 6.07) is 3.77. The highest BCUT2D eigenvalue weighted by molar-refractivity contribution is 8.26. The van der Waals surface area contributed by atoms with Crippen molar-refractivity contribution in [3.63, 3.8) is 0 Å². The number of aryl methyl sites for hydroxylation is 1. The molecule has 2 aromatic heterocycles. The molecule has 2 saturated heterocycles. The van der Waals surface area contributed by atoms with Crippen LogP contribution in [0.3, 0.4) is 0 Å². The van der Waals surface area contributed by atoms with Crippen LogP contribution >= 0.6 is 24.0 Å². The highest BCUT2D eigenvalue weighted by Gasteiger charge is 2.35. The quantitative estimate of drug-likeness (QED) is 0.490. The van der Waals surface area contributed by atoms with Crippen molar-refractivity contribution in [2.24, 2.45) is 0 Å². The van der Waals surface area contributed by atoms with Gasteiger partial charge in [-0.2, -0.15) is 0 Å².